The molecule has 0 aromatic rings. The maximum absolute atomic E-state index is 10.3. The van der Waals surface area contributed by atoms with Crippen molar-refractivity contribution < 1.29 is 14.6 Å². The van der Waals surface area contributed by atoms with Crippen molar-refractivity contribution in [2.24, 2.45) is 0 Å². The normalized spacial score (nSPS) is 10.8. The molecule has 0 amide bonds. The van der Waals surface area contributed by atoms with E-state index < -0.39 is 5.97 Å². The third-order valence-electron chi connectivity index (χ3n) is 3.57. The fourth-order valence-electron chi connectivity index (χ4n) is 2.27. The summed E-state index contributed by atoms with van der Waals surface area (Å²) in [7, 11) is 0. The van der Waals surface area contributed by atoms with Gasteiger partial charge in [0.1, 0.15) is 0 Å². The molecule has 0 rings (SSSR count). The van der Waals surface area contributed by atoms with Gasteiger partial charge in [0.25, 0.3) is 0 Å². The summed E-state index contributed by atoms with van der Waals surface area (Å²) in [5, 5.41) is 8.50. The molecule has 0 aliphatic heterocycles. The Hall–Kier alpha value is -0.570. The van der Waals surface area contributed by atoms with Gasteiger partial charge in [0.15, 0.2) is 0 Å². The minimum absolute atomic E-state index is 0.314. The van der Waals surface area contributed by atoms with Crippen molar-refractivity contribution in [2.45, 2.75) is 90.4 Å². The van der Waals surface area contributed by atoms with E-state index in [0.29, 0.717) is 6.42 Å². The first-order valence-corrected chi connectivity index (χ1v) is 8.57. The molecular formula is C17H34O3. The van der Waals surface area contributed by atoms with Crippen molar-refractivity contribution in [3.05, 3.63) is 0 Å². The standard InChI is InChI=1S/C17H34O3/c1-2-3-4-5-6-9-12-15-20-16-13-10-7-8-11-14-17(18)19/h2-16H2,1H3,(H,18,19). The molecule has 0 radical (unpaired) electrons. The monoisotopic (exact) mass is 286 g/mol. The van der Waals surface area contributed by atoms with Gasteiger partial charge in [-0.2, -0.15) is 0 Å². The van der Waals surface area contributed by atoms with Gasteiger partial charge in [-0.05, 0) is 19.3 Å². The van der Waals surface area contributed by atoms with E-state index in [0.717, 1.165) is 45.3 Å². The van der Waals surface area contributed by atoms with E-state index in [1.807, 2.05) is 0 Å². The van der Waals surface area contributed by atoms with E-state index in [4.69, 9.17) is 9.84 Å². The van der Waals surface area contributed by atoms with E-state index >= 15 is 0 Å². The van der Waals surface area contributed by atoms with Crippen LogP contribution in [0.5, 0.6) is 0 Å². The lowest BCUT2D eigenvalue weighted by molar-refractivity contribution is -0.137. The van der Waals surface area contributed by atoms with Crippen molar-refractivity contribution in [3.8, 4) is 0 Å². The zero-order chi connectivity index (χ0) is 14.9. The van der Waals surface area contributed by atoms with Gasteiger partial charge in [-0.1, -0.05) is 64.7 Å². The molecule has 0 bridgehead atoms. The predicted molar refractivity (Wildman–Crippen MR) is 84.1 cm³/mol. The summed E-state index contributed by atoms with van der Waals surface area (Å²) in [6, 6.07) is 0. The highest BCUT2D eigenvalue weighted by atomic mass is 16.5. The van der Waals surface area contributed by atoms with Gasteiger partial charge in [0.05, 0.1) is 0 Å². The fraction of sp³-hybridized carbons (Fsp3) is 0.941. The van der Waals surface area contributed by atoms with Crippen LogP contribution in [-0.4, -0.2) is 24.3 Å². The number of carboxylic acids is 1. The molecule has 3 heteroatoms. The predicted octanol–water partition coefficient (Wildman–Crippen LogP) is 5.18. The summed E-state index contributed by atoms with van der Waals surface area (Å²) in [5.74, 6) is -0.678. The Morgan fingerprint density at radius 2 is 1.20 bits per heavy atom. The molecule has 20 heavy (non-hydrogen) atoms. The Balaban J connectivity index is 2.94. The summed E-state index contributed by atoms with van der Waals surface area (Å²) in [5.41, 5.74) is 0. The highest BCUT2D eigenvalue weighted by Gasteiger charge is 1.96. The molecule has 0 saturated carbocycles. The lowest BCUT2D eigenvalue weighted by atomic mass is 10.1. The molecule has 0 aromatic heterocycles. The van der Waals surface area contributed by atoms with Gasteiger partial charge in [-0.15, -0.1) is 0 Å². The number of hydrogen-bond donors (Lipinski definition) is 1. The average molecular weight is 286 g/mol. The molecule has 0 aliphatic carbocycles. The van der Waals surface area contributed by atoms with E-state index in [1.165, 1.54) is 44.9 Å². The Bertz CT molecular complexity index is 204. The Morgan fingerprint density at radius 3 is 1.70 bits per heavy atom. The number of aliphatic carboxylic acids is 1. The second-order valence-corrected chi connectivity index (χ2v) is 5.65. The van der Waals surface area contributed by atoms with Gasteiger partial charge in [0.2, 0.25) is 0 Å². The summed E-state index contributed by atoms with van der Waals surface area (Å²) in [6.45, 7) is 4.03. The number of rotatable bonds is 16. The molecule has 0 atom stereocenters. The molecule has 0 heterocycles. The zero-order valence-electron chi connectivity index (χ0n) is 13.4. The Morgan fingerprint density at radius 1 is 0.750 bits per heavy atom. The lowest BCUT2D eigenvalue weighted by Gasteiger charge is -2.04. The third-order valence-corrected chi connectivity index (χ3v) is 3.57. The minimum atomic E-state index is -0.678. The van der Waals surface area contributed by atoms with Crippen molar-refractivity contribution >= 4 is 5.97 Å². The molecule has 120 valence electrons. The number of carboxylic acid groups (broad SMARTS) is 1. The molecule has 0 aromatic carbocycles. The number of hydrogen-bond acceptors (Lipinski definition) is 2. The molecule has 0 spiro atoms. The average Bonchev–Trinajstić information content (AvgIpc) is 2.43. The Kier molecular flexibility index (Phi) is 16.0. The Labute approximate surface area is 125 Å². The van der Waals surface area contributed by atoms with Crippen LogP contribution in [0.1, 0.15) is 90.4 Å². The zero-order valence-corrected chi connectivity index (χ0v) is 13.4. The second-order valence-electron chi connectivity index (χ2n) is 5.65. The number of carbonyl (C=O) groups is 1. The summed E-state index contributed by atoms with van der Waals surface area (Å²) in [4.78, 5) is 10.3. The molecule has 0 unspecified atom stereocenters. The minimum Gasteiger partial charge on any atom is -0.481 e. The molecule has 0 fully saturated rings. The summed E-state index contributed by atoms with van der Waals surface area (Å²) in [6.07, 6.45) is 14.9. The highest BCUT2D eigenvalue weighted by Crippen LogP contribution is 2.08. The third kappa shape index (κ3) is 17.4. The van der Waals surface area contributed by atoms with E-state index in [1.54, 1.807) is 0 Å². The fourth-order valence-corrected chi connectivity index (χ4v) is 2.27. The van der Waals surface area contributed by atoms with Crippen LogP contribution in [0, 0.1) is 0 Å². The second kappa shape index (κ2) is 16.5. The maximum Gasteiger partial charge on any atom is 0.303 e. The quantitative estimate of drug-likeness (QED) is 0.398. The van der Waals surface area contributed by atoms with Gasteiger partial charge in [0, 0.05) is 19.6 Å². The maximum atomic E-state index is 10.3. The van der Waals surface area contributed by atoms with Crippen LogP contribution in [0.15, 0.2) is 0 Å². The SMILES string of the molecule is CCCCCCCCCOCCCCCCCC(=O)O. The topological polar surface area (TPSA) is 46.5 Å². The van der Waals surface area contributed by atoms with Crippen LogP contribution in [0.2, 0.25) is 0 Å². The molecule has 1 N–H and O–H groups in total. The molecule has 0 saturated heterocycles. The van der Waals surface area contributed by atoms with E-state index in [2.05, 4.69) is 6.92 Å². The molecular weight excluding hydrogens is 252 g/mol. The number of ether oxygens (including phenoxy) is 1. The van der Waals surface area contributed by atoms with Crippen molar-refractivity contribution in [3.63, 3.8) is 0 Å². The first-order chi connectivity index (χ1) is 9.77. The molecule has 3 nitrogen and oxygen atoms in total. The van der Waals surface area contributed by atoms with Crippen LogP contribution in [0.4, 0.5) is 0 Å². The van der Waals surface area contributed by atoms with Gasteiger partial charge in [-0.3, -0.25) is 4.79 Å². The summed E-state index contributed by atoms with van der Waals surface area (Å²) < 4.78 is 5.61. The van der Waals surface area contributed by atoms with Crippen LogP contribution in [0.3, 0.4) is 0 Å². The van der Waals surface area contributed by atoms with Crippen LogP contribution >= 0.6 is 0 Å². The largest absolute Gasteiger partial charge is 0.481 e. The van der Waals surface area contributed by atoms with Crippen LogP contribution < -0.4 is 0 Å². The van der Waals surface area contributed by atoms with E-state index in [9.17, 15) is 4.79 Å². The van der Waals surface area contributed by atoms with Gasteiger partial charge >= 0.3 is 5.97 Å². The smallest absolute Gasteiger partial charge is 0.303 e. The first kappa shape index (κ1) is 19.4. The van der Waals surface area contributed by atoms with Gasteiger partial charge < -0.3 is 9.84 Å². The molecule has 0 aliphatic rings. The van der Waals surface area contributed by atoms with E-state index in [-0.39, 0.29) is 0 Å². The number of unbranched alkanes of at least 4 members (excludes halogenated alkanes) is 10. The van der Waals surface area contributed by atoms with Crippen molar-refractivity contribution in [2.75, 3.05) is 13.2 Å². The van der Waals surface area contributed by atoms with Crippen molar-refractivity contribution in [1.82, 2.24) is 0 Å². The van der Waals surface area contributed by atoms with Crippen LogP contribution in [-0.2, 0) is 9.53 Å². The first-order valence-electron chi connectivity index (χ1n) is 8.57. The van der Waals surface area contributed by atoms with Gasteiger partial charge in [-0.25, -0.2) is 0 Å². The van der Waals surface area contributed by atoms with Crippen molar-refractivity contribution in [1.29, 1.82) is 0 Å². The van der Waals surface area contributed by atoms with Crippen LogP contribution in [0.25, 0.3) is 0 Å². The lowest BCUT2D eigenvalue weighted by Crippen LogP contribution is -1.97. The highest BCUT2D eigenvalue weighted by molar-refractivity contribution is 5.66. The summed E-state index contributed by atoms with van der Waals surface area (Å²) >= 11 is 0.